The van der Waals surface area contributed by atoms with Crippen molar-refractivity contribution in [3.63, 3.8) is 0 Å². The molecule has 3 aromatic carbocycles. The van der Waals surface area contributed by atoms with Gasteiger partial charge in [-0.1, -0.05) is 66.7 Å². The molecule has 4 rings (SSSR count). The molecule has 1 N–H and O–H groups in total. The van der Waals surface area contributed by atoms with E-state index in [1.54, 1.807) is 0 Å². The molecule has 0 unspecified atom stereocenters. The number of nitrogens with one attached hydrogen (secondary N) is 1. The highest BCUT2D eigenvalue weighted by Gasteiger charge is 2.19. The zero-order valence-electron chi connectivity index (χ0n) is 19.0. The molecule has 1 aliphatic rings. The van der Waals surface area contributed by atoms with E-state index in [-0.39, 0.29) is 0 Å². The third-order valence-corrected chi connectivity index (χ3v) is 5.98. The highest BCUT2D eigenvalue weighted by atomic mass is 16.5. The maximum absolute atomic E-state index is 6.03. The van der Waals surface area contributed by atoms with E-state index < -0.39 is 0 Å². The first-order valence-electron chi connectivity index (χ1n) is 11.7. The van der Waals surface area contributed by atoms with Gasteiger partial charge in [0.2, 0.25) is 0 Å². The SMILES string of the molecule is CCOc1cc(CNC2CCN(Cc3ccccc3)CC2)ccc1OCc1ccccc1. The van der Waals surface area contributed by atoms with Gasteiger partial charge in [0, 0.05) is 19.1 Å². The summed E-state index contributed by atoms with van der Waals surface area (Å²) in [6, 6.07) is 27.8. The van der Waals surface area contributed by atoms with Crippen molar-refractivity contribution >= 4 is 0 Å². The summed E-state index contributed by atoms with van der Waals surface area (Å²) in [4.78, 5) is 2.56. The van der Waals surface area contributed by atoms with Crippen molar-refractivity contribution < 1.29 is 9.47 Å². The van der Waals surface area contributed by atoms with Crippen LogP contribution in [0.25, 0.3) is 0 Å². The van der Waals surface area contributed by atoms with Crippen LogP contribution in [0.1, 0.15) is 36.5 Å². The standard InChI is InChI=1S/C28H34N2O2/c1-2-31-28-19-25(13-14-27(28)32-22-24-11-7-4-8-12-24)20-29-26-15-17-30(18-16-26)21-23-9-5-3-6-10-23/h3-14,19,26,29H,2,15-18,20-22H2,1H3. The van der Waals surface area contributed by atoms with Gasteiger partial charge in [-0.15, -0.1) is 0 Å². The van der Waals surface area contributed by atoms with Gasteiger partial charge in [-0.25, -0.2) is 0 Å². The third kappa shape index (κ3) is 6.59. The molecule has 1 saturated heterocycles. The van der Waals surface area contributed by atoms with E-state index in [9.17, 15) is 0 Å². The van der Waals surface area contributed by atoms with Crippen molar-refractivity contribution in [2.45, 2.75) is 45.5 Å². The number of hydrogen-bond donors (Lipinski definition) is 1. The minimum absolute atomic E-state index is 0.542. The van der Waals surface area contributed by atoms with Gasteiger partial charge >= 0.3 is 0 Å². The van der Waals surface area contributed by atoms with E-state index in [2.05, 4.69) is 64.8 Å². The maximum Gasteiger partial charge on any atom is 0.161 e. The van der Waals surface area contributed by atoms with Crippen LogP contribution in [0.2, 0.25) is 0 Å². The van der Waals surface area contributed by atoms with Gasteiger partial charge in [0.15, 0.2) is 11.5 Å². The van der Waals surface area contributed by atoms with E-state index in [1.807, 2.05) is 31.2 Å². The van der Waals surface area contributed by atoms with Crippen LogP contribution in [0.15, 0.2) is 78.9 Å². The summed E-state index contributed by atoms with van der Waals surface area (Å²) >= 11 is 0. The highest BCUT2D eigenvalue weighted by molar-refractivity contribution is 5.43. The summed E-state index contributed by atoms with van der Waals surface area (Å²) in [7, 11) is 0. The lowest BCUT2D eigenvalue weighted by atomic mass is 10.0. The molecular weight excluding hydrogens is 396 g/mol. The molecular formula is C28H34N2O2. The first kappa shape index (κ1) is 22.4. The molecule has 0 atom stereocenters. The van der Waals surface area contributed by atoms with Crippen LogP contribution in [-0.2, 0) is 19.7 Å². The highest BCUT2D eigenvalue weighted by Crippen LogP contribution is 2.29. The quantitative estimate of drug-likeness (QED) is 0.466. The molecule has 0 spiro atoms. The number of ether oxygens (including phenoxy) is 2. The Morgan fingerprint density at radius 3 is 2.16 bits per heavy atom. The molecule has 4 nitrogen and oxygen atoms in total. The Balaban J connectivity index is 1.26. The number of benzene rings is 3. The molecule has 1 fully saturated rings. The molecule has 0 aromatic heterocycles. The van der Waals surface area contributed by atoms with Crippen LogP contribution in [0.4, 0.5) is 0 Å². The fourth-order valence-corrected chi connectivity index (χ4v) is 4.18. The average Bonchev–Trinajstić information content (AvgIpc) is 2.84. The molecule has 0 aliphatic carbocycles. The second-order valence-corrected chi connectivity index (χ2v) is 8.41. The van der Waals surface area contributed by atoms with Gasteiger partial charge in [-0.3, -0.25) is 4.90 Å². The Morgan fingerprint density at radius 2 is 1.47 bits per heavy atom. The van der Waals surface area contributed by atoms with Gasteiger partial charge in [0.25, 0.3) is 0 Å². The fraction of sp³-hybridized carbons (Fsp3) is 0.357. The monoisotopic (exact) mass is 430 g/mol. The Labute approximate surface area is 192 Å². The number of rotatable bonds is 10. The molecule has 0 radical (unpaired) electrons. The molecule has 3 aromatic rings. The smallest absolute Gasteiger partial charge is 0.161 e. The fourth-order valence-electron chi connectivity index (χ4n) is 4.18. The predicted octanol–water partition coefficient (Wildman–Crippen LogP) is 5.42. The molecule has 1 heterocycles. The lowest BCUT2D eigenvalue weighted by molar-refractivity contribution is 0.190. The lowest BCUT2D eigenvalue weighted by Gasteiger charge is -2.32. The molecule has 0 saturated carbocycles. The zero-order chi connectivity index (χ0) is 22.0. The molecule has 1 aliphatic heterocycles. The average molecular weight is 431 g/mol. The summed E-state index contributed by atoms with van der Waals surface area (Å²) in [5.41, 5.74) is 3.78. The van der Waals surface area contributed by atoms with Crippen molar-refractivity contribution in [1.29, 1.82) is 0 Å². The first-order valence-corrected chi connectivity index (χ1v) is 11.7. The van der Waals surface area contributed by atoms with Gasteiger partial charge in [0.1, 0.15) is 6.61 Å². The second kappa shape index (κ2) is 11.7. The van der Waals surface area contributed by atoms with Crippen molar-refractivity contribution in [3.05, 3.63) is 95.6 Å². The van der Waals surface area contributed by atoms with Crippen molar-refractivity contribution in [3.8, 4) is 11.5 Å². The van der Waals surface area contributed by atoms with Crippen LogP contribution in [0.5, 0.6) is 11.5 Å². The minimum Gasteiger partial charge on any atom is -0.490 e. The minimum atomic E-state index is 0.542. The number of nitrogens with zero attached hydrogens (tertiary/aromatic N) is 1. The van der Waals surface area contributed by atoms with E-state index in [4.69, 9.17) is 9.47 Å². The second-order valence-electron chi connectivity index (χ2n) is 8.41. The summed E-state index contributed by atoms with van der Waals surface area (Å²) in [5.74, 6) is 1.62. The summed E-state index contributed by atoms with van der Waals surface area (Å²) in [6.45, 7) is 7.36. The number of hydrogen-bond acceptors (Lipinski definition) is 4. The van der Waals surface area contributed by atoms with Crippen LogP contribution >= 0.6 is 0 Å². The lowest BCUT2D eigenvalue weighted by Crippen LogP contribution is -2.41. The van der Waals surface area contributed by atoms with E-state index in [0.29, 0.717) is 19.3 Å². The number of piperidine rings is 1. The molecule has 0 amide bonds. The van der Waals surface area contributed by atoms with E-state index >= 15 is 0 Å². The Bertz CT molecular complexity index is 938. The van der Waals surface area contributed by atoms with Crippen LogP contribution < -0.4 is 14.8 Å². The maximum atomic E-state index is 6.03. The van der Waals surface area contributed by atoms with Crippen LogP contribution in [0, 0.1) is 0 Å². The normalized spacial score (nSPS) is 14.9. The third-order valence-electron chi connectivity index (χ3n) is 5.98. The molecule has 4 heteroatoms. The predicted molar refractivity (Wildman–Crippen MR) is 130 cm³/mol. The van der Waals surface area contributed by atoms with Gasteiger partial charge < -0.3 is 14.8 Å². The Kier molecular flexibility index (Phi) is 8.18. The Morgan fingerprint density at radius 1 is 0.781 bits per heavy atom. The molecule has 32 heavy (non-hydrogen) atoms. The summed E-state index contributed by atoms with van der Waals surface area (Å²) < 4.78 is 11.9. The van der Waals surface area contributed by atoms with Crippen molar-refractivity contribution in [1.82, 2.24) is 10.2 Å². The largest absolute Gasteiger partial charge is 0.490 e. The topological polar surface area (TPSA) is 33.7 Å². The summed E-state index contributed by atoms with van der Waals surface area (Å²) in [5, 5.41) is 3.75. The van der Waals surface area contributed by atoms with Crippen molar-refractivity contribution in [2.24, 2.45) is 0 Å². The summed E-state index contributed by atoms with van der Waals surface area (Å²) in [6.07, 6.45) is 2.37. The van der Waals surface area contributed by atoms with Gasteiger partial charge in [0.05, 0.1) is 6.61 Å². The van der Waals surface area contributed by atoms with Crippen molar-refractivity contribution in [2.75, 3.05) is 19.7 Å². The Hall–Kier alpha value is -2.82. The van der Waals surface area contributed by atoms with E-state index in [0.717, 1.165) is 43.2 Å². The van der Waals surface area contributed by atoms with Gasteiger partial charge in [-0.05, 0) is 61.7 Å². The van der Waals surface area contributed by atoms with Crippen LogP contribution in [0.3, 0.4) is 0 Å². The van der Waals surface area contributed by atoms with Crippen LogP contribution in [-0.4, -0.2) is 30.6 Å². The first-order chi connectivity index (χ1) is 15.8. The molecule has 0 bridgehead atoms. The zero-order valence-corrected chi connectivity index (χ0v) is 19.0. The van der Waals surface area contributed by atoms with Gasteiger partial charge in [-0.2, -0.15) is 0 Å². The number of likely N-dealkylation sites (tertiary alicyclic amines) is 1. The molecule has 168 valence electrons. The van der Waals surface area contributed by atoms with E-state index in [1.165, 1.54) is 24.0 Å².